The first kappa shape index (κ1) is 21.1. The number of carboxylic acids is 1. The van der Waals surface area contributed by atoms with Crippen LogP contribution in [0, 0.1) is 0 Å². The molecule has 2 amide bonds. The second-order valence-corrected chi connectivity index (χ2v) is 7.47. The van der Waals surface area contributed by atoms with Gasteiger partial charge in [0.05, 0.1) is 11.3 Å². The van der Waals surface area contributed by atoms with Crippen LogP contribution in [-0.4, -0.2) is 40.9 Å². The molecule has 0 unspecified atom stereocenters. The van der Waals surface area contributed by atoms with Crippen molar-refractivity contribution in [1.82, 2.24) is 4.90 Å². The number of rotatable bonds is 7. The fourth-order valence-corrected chi connectivity index (χ4v) is 3.57. The van der Waals surface area contributed by atoms with Crippen LogP contribution in [0.15, 0.2) is 78.9 Å². The van der Waals surface area contributed by atoms with Crippen LogP contribution in [0.5, 0.6) is 5.75 Å². The molecule has 0 radical (unpaired) electrons. The van der Waals surface area contributed by atoms with Gasteiger partial charge in [-0.2, -0.15) is 0 Å². The van der Waals surface area contributed by atoms with Crippen molar-refractivity contribution in [3.05, 3.63) is 95.6 Å². The van der Waals surface area contributed by atoms with E-state index in [4.69, 9.17) is 9.84 Å². The maximum atomic E-state index is 13.3. The van der Waals surface area contributed by atoms with Crippen molar-refractivity contribution >= 4 is 23.5 Å². The van der Waals surface area contributed by atoms with Crippen LogP contribution in [0.1, 0.15) is 21.5 Å². The van der Waals surface area contributed by atoms with Gasteiger partial charge < -0.3 is 14.7 Å². The standard InChI is InChI=1S/C25H22N2O5/c28-23(16-27-21-8-4-5-9-22(21)32-17-24(27)29)26(14-18-6-2-1-3-7-18)15-19-10-12-20(13-11-19)25(30)31/h1-13H,14-17H2,(H,30,31). The molecule has 32 heavy (non-hydrogen) atoms. The smallest absolute Gasteiger partial charge is 0.335 e. The van der Waals surface area contributed by atoms with Gasteiger partial charge in [-0.1, -0.05) is 54.6 Å². The second kappa shape index (κ2) is 9.34. The molecule has 0 atom stereocenters. The molecule has 0 saturated heterocycles. The Kier molecular flexibility index (Phi) is 6.17. The Morgan fingerprint density at radius 2 is 1.50 bits per heavy atom. The number of hydrogen-bond acceptors (Lipinski definition) is 4. The number of carboxylic acid groups (broad SMARTS) is 1. The molecule has 0 aliphatic carbocycles. The van der Waals surface area contributed by atoms with Gasteiger partial charge in [-0.05, 0) is 35.4 Å². The minimum absolute atomic E-state index is 0.111. The van der Waals surface area contributed by atoms with Crippen molar-refractivity contribution in [2.24, 2.45) is 0 Å². The fraction of sp³-hybridized carbons (Fsp3) is 0.160. The van der Waals surface area contributed by atoms with E-state index in [1.54, 1.807) is 35.2 Å². The number of hydrogen-bond donors (Lipinski definition) is 1. The third-order valence-electron chi connectivity index (χ3n) is 5.24. The van der Waals surface area contributed by atoms with Gasteiger partial charge >= 0.3 is 5.97 Å². The molecule has 1 aliphatic rings. The van der Waals surface area contributed by atoms with Gasteiger partial charge in [0.25, 0.3) is 5.91 Å². The number of aromatic carboxylic acids is 1. The summed E-state index contributed by atoms with van der Waals surface area (Å²) in [5.74, 6) is -0.930. The molecule has 1 heterocycles. The first-order valence-corrected chi connectivity index (χ1v) is 10.2. The lowest BCUT2D eigenvalue weighted by Gasteiger charge is -2.31. The van der Waals surface area contributed by atoms with E-state index < -0.39 is 5.97 Å². The summed E-state index contributed by atoms with van der Waals surface area (Å²) < 4.78 is 5.47. The quantitative estimate of drug-likeness (QED) is 0.621. The second-order valence-electron chi connectivity index (χ2n) is 7.47. The molecule has 7 heteroatoms. The summed E-state index contributed by atoms with van der Waals surface area (Å²) in [4.78, 5) is 40.1. The Labute approximate surface area is 185 Å². The minimum Gasteiger partial charge on any atom is -0.482 e. The first-order chi connectivity index (χ1) is 15.5. The zero-order valence-corrected chi connectivity index (χ0v) is 17.3. The van der Waals surface area contributed by atoms with Crippen LogP contribution in [0.2, 0.25) is 0 Å². The van der Waals surface area contributed by atoms with Crippen LogP contribution in [0.25, 0.3) is 0 Å². The van der Waals surface area contributed by atoms with Crippen LogP contribution < -0.4 is 9.64 Å². The summed E-state index contributed by atoms with van der Waals surface area (Å²) in [7, 11) is 0. The van der Waals surface area contributed by atoms with E-state index in [1.165, 1.54) is 17.0 Å². The van der Waals surface area contributed by atoms with Crippen LogP contribution in [0.3, 0.4) is 0 Å². The summed E-state index contributed by atoms with van der Waals surface area (Å²) in [6, 6.07) is 23.2. The third kappa shape index (κ3) is 4.78. The molecule has 1 aliphatic heterocycles. The van der Waals surface area contributed by atoms with Gasteiger partial charge in [0.1, 0.15) is 12.3 Å². The minimum atomic E-state index is -1.00. The fourth-order valence-electron chi connectivity index (χ4n) is 3.57. The zero-order valence-electron chi connectivity index (χ0n) is 17.3. The molecular formula is C25H22N2O5. The van der Waals surface area contributed by atoms with Crippen molar-refractivity contribution in [2.75, 3.05) is 18.1 Å². The van der Waals surface area contributed by atoms with Gasteiger partial charge in [0.15, 0.2) is 6.61 Å². The number of fused-ring (bicyclic) bond motifs is 1. The van der Waals surface area contributed by atoms with Crippen molar-refractivity contribution in [2.45, 2.75) is 13.1 Å². The number of anilines is 1. The highest BCUT2D eigenvalue weighted by molar-refractivity contribution is 6.02. The lowest BCUT2D eigenvalue weighted by atomic mass is 10.1. The Balaban J connectivity index is 1.57. The average Bonchev–Trinajstić information content (AvgIpc) is 2.81. The van der Waals surface area contributed by atoms with Gasteiger partial charge in [-0.25, -0.2) is 4.79 Å². The maximum Gasteiger partial charge on any atom is 0.335 e. The molecular weight excluding hydrogens is 408 g/mol. The first-order valence-electron chi connectivity index (χ1n) is 10.2. The number of nitrogens with zero attached hydrogens (tertiary/aromatic N) is 2. The summed E-state index contributed by atoms with van der Waals surface area (Å²) in [5, 5.41) is 9.12. The zero-order chi connectivity index (χ0) is 22.5. The van der Waals surface area contributed by atoms with Gasteiger partial charge in [-0.3, -0.25) is 14.5 Å². The molecule has 7 nitrogen and oxygen atoms in total. The molecule has 0 bridgehead atoms. The lowest BCUT2D eigenvalue weighted by Crippen LogP contribution is -2.46. The van der Waals surface area contributed by atoms with Gasteiger partial charge in [0, 0.05) is 13.1 Å². The molecule has 0 aromatic heterocycles. The highest BCUT2D eigenvalue weighted by Crippen LogP contribution is 2.31. The highest BCUT2D eigenvalue weighted by atomic mass is 16.5. The van der Waals surface area contributed by atoms with E-state index in [-0.39, 0.29) is 37.1 Å². The Hall–Kier alpha value is -4.13. The number of para-hydroxylation sites is 2. The summed E-state index contributed by atoms with van der Waals surface area (Å²) >= 11 is 0. The largest absolute Gasteiger partial charge is 0.482 e. The average molecular weight is 430 g/mol. The molecule has 0 saturated carbocycles. The Morgan fingerprint density at radius 3 is 2.19 bits per heavy atom. The van der Waals surface area contributed by atoms with Crippen molar-refractivity contribution in [3.8, 4) is 5.75 Å². The lowest BCUT2D eigenvalue weighted by molar-refractivity contribution is -0.133. The molecule has 4 rings (SSSR count). The van der Waals surface area contributed by atoms with E-state index in [1.807, 2.05) is 36.4 Å². The molecule has 162 valence electrons. The maximum absolute atomic E-state index is 13.3. The monoisotopic (exact) mass is 430 g/mol. The van der Waals surface area contributed by atoms with Gasteiger partial charge in [-0.15, -0.1) is 0 Å². The number of ether oxygens (including phenoxy) is 1. The highest BCUT2D eigenvalue weighted by Gasteiger charge is 2.28. The van der Waals surface area contributed by atoms with E-state index in [9.17, 15) is 14.4 Å². The predicted molar refractivity (Wildman–Crippen MR) is 118 cm³/mol. The van der Waals surface area contributed by atoms with Crippen molar-refractivity contribution in [1.29, 1.82) is 0 Å². The third-order valence-corrected chi connectivity index (χ3v) is 5.24. The SMILES string of the molecule is O=C(O)c1ccc(CN(Cc2ccccc2)C(=O)CN2C(=O)COc3ccccc32)cc1. The molecule has 1 N–H and O–H groups in total. The number of carbonyl (C=O) groups is 3. The van der Waals surface area contributed by atoms with E-state index in [0.29, 0.717) is 18.0 Å². The molecule has 3 aromatic rings. The summed E-state index contributed by atoms with van der Waals surface area (Å²) in [6.07, 6.45) is 0. The van der Waals surface area contributed by atoms with Crippen LogP contribution in [0.4, 0.5) is 5.69 Å². The van der Waals surface area contributed by atoms with Crippen LogP contribution >= 0.6 is 0 Å². The predicted octanol–water partition coefficient (Wildman–Crippen LogP) is 3.34. The topological polar surface area (TPSA) is 87.2 Å². The molecule has 0 spiro atoms. The summed E-state index contributed by atoms with van der Waals surface area (Å²) in [5.41, 5.74) is 2.51. The normalized spacial score (nSPS) is 12.6. The molecule has 0 fully saturated rings. The number of carbonyl (C=O) groups excluding carboxylic acids is 2. The van der Waals surface area contributed by atoms with Crippen molar-refractivity contribution < 1.29 is 24.2 Å². The Bertz CT molecular complexity index is 1130. The van der Waals surface area contributed by atoms with Crippen molar-refractivity contribution in [3.63, 3.8) is 0 Å². The number of benzene rings is 3. The number of amides is 2. The van der Waals surface area contributed by atoms with E-state index in [2.05, 4.69) is 0 Å². The summed E-state index contributed by atoms with van der Waals surface area (Å²) in [6.45, 7) is 0.424. The Morgan fingerprint density at radius 1 is 0.875 bits per heavy atom. The molecule has 3 aromatic carbocycles. The van der Waals surface area contributed by atoms with E-state index in [0.717, 1.165) is 11.1 Å². The van der Waals surface area contributed by atoms with E-state index >= 15 is 0 Å². The van der Waals surface area contributed by atoms with Gasteiger partial charge in [0.2, 0.25) is 5.91 Å². The van der Waals surface area contributed by atoms with Crippen LogP contribution in [-0.2, 0) is 22.7 Å².